The number of nitrogens with one attached hydrogen (secondary N) is 3. The maximum Gasteiger partial charge on any atom is 0.225 e. The molecule has 0 fully saturated rings. The Labute approximate surface area is 184 Å². The molecule has 1 heterocycles. The van der Waals surface area contributed by atoms with Gasteiger partial charge in [0.05, 0.1) is 6.54 Å². The molecule has 0 aliphatic carbocycles. The number of hydrogen-bond donors (Lipinski definition) is 3. The summed E-state index contributed by atoms with van der Waals surface area (Å²) in [6.07, 6.45) is 0.468. The minimum atomic E-state index is 0.0542. The number of hydrogen-bond acceptors (Lipinski definition) is 4. The van der Waals surface area contributed by atoms with Gasteiger partial charge in [0.2, 0.25) is 5.91 Å². The minimum absolute atomic E-state index is 0.0542. The van der Waals surface area contributed by atoms with Crippen molar-refractivity contribution in [1.29, 1.82) is 0 Å². The number of carbonyl (C=O) groups is 1. The fourth-order valence-corrected chi connectivity index (χ4v) is 3.50. The van der Waals surface area contributed by atoms with Gasteiger partial charge in [-0.3, -0.25) is 4.79 Å². The van der Waals surface area contributed by atoms with Crippen molar-refractivity contribution in [2.75, 3.05) is 45.7 Å². The third-order valence-electron chi connectivity index (χ3n) is 5.09. The molecule has 0 bridgehead atoms. The summed E-state index contributed by atoms with van der Waals surface area (Å²) in [5.74, 6) is 1.77. The number of rotatable bonds is 9. The van der Waals surface area contributed by atoms with Crippen LogP contribution in [0.5, 0.6) is 5.75 Å². The molecule has 0 saturated carbocycles. The SMILES string of the molecule is CCNC(=NCc1cccc(OCCN(C)C)c1)NCC1CC(=O)Nc2ccccc21. The van der Waals surface area contributed by atoms with Crippen LogP contribution in [0.1, 0.15) is 30.4 Å². The summed E-state index contributed by atoms with van der Waals surface area (Å²) in [5.41, 5.74) is 3.15. The van der Waals surface area contributed by atoms with E-state index in [-0.39, 0.29) is 11.8 Å². The molecule has 2 aromatic rings. The van der Waals surface area contributed by atoms with Gasteiger partial charge in [-0.2, -0.15) is 0 Å². The molecular weight excluding hydrogens is 390 g/mol. The Hall–Kier alpha value is -3.06. The number of amides is 1. The molecule has 0 aromatic heterocycles. The van der Waals surface area contributed by atoms with Crippen molar-refractivity contribution in [3.63, 3.8) is 0 Å². The van der Waals surface area contributed by atoms with Gasteiger partial charge >= 0.3 is 0 Å². The van der Waals surface area contributed by atoms with Gasteiger partial charge in [0.15, 0.2) is 5.96 Å². The van der Waals surface area contributed by atoms with Crippen LogP contribution < -0.4 is 20.7 Å². The number of aliphatic imine (C=N–C) groups is 1. The number of carbonyl (C=O) groups excluding carboxylic acids is 1. The molecule has 1 unspecified atom stereocenters. The Balaban J connectivity index is 1.60. The number of ether oxygens (including phenoxy) is 1. The number of likely N-dealkylation sites (N-methyl/N-ethyl adjacent to an activating group) is 1. The average molecular weight is 424 g/mol. The fourth-order valence-electron chi connectivity index (χ4n) is 3.50. The first-order valence-corrected chi connectivity index (χ1v) is 10.8. The van der Waals surface area contributed by atoms with E-state index in [4.69, 9.17) is 9.73 Å². The first kappa shape index (κ1) is 22.6. The largest absolute Gasteiger partial charge is 0.492 e. The van der Waals surface area contributed by atoms with Gasteiger partial charge in [0.25, 0.3) is 0 Å². The quantitative estimate of drug-likeness (QED) is 0.427. The number of anilines is 1. The number of benzene rings is 2. The summed E-state index contributed by atoms with van der Waals surface area (Å²) >= 11 is 0. The number of nitrogens with zero attached hydrogens (tertiary/aromatic N) is 2. The predicted molar refractivity (Wildman–Crippen MR) is 126 cm³/mol. The molecule has 0 radical (unpaired) electrons. The van der Waals surface area contributed by atoms with Crippen LogP contribution in [-0.4, -0.2) is 57.1 Å². The summed E-state index contributed by atoms with van der Waals surface area (Å²) in [7, 11) is 4.06. The zero-order valence-electron chi connectivity index (χ0n) is 18.6. The first-order valence-electron chi connectivity index (χ1n) is 10.8. The summed E-state index contributed by atoms with van der Waals surface area (Å²) in [4.78, 5) is 18.9. The van der Waals surface area contributed by atoms with Gasteiger partial charge in [-0.1, -0.05) is 30.3 Å². The lowest BCUT2D eigenvalue weighted by Gasteiger charge is -2.26. The molecule has 0 spiro atoms. The van der Waals surface area contributed by atoms with Gasteiger partial charge in [-0.25, -0.2) is 4.99 Å². The number of para-hydroxylation sites is 1. The van der Waals surface area contributed by atoms with Crippen molar-refractivity contribution < 1.29 is 9.53 Å². The van der Waals surface area contributed by atoms with E-state index in [0.717, 1.165) is 41.6 Å². The molecule has 166 valence electrons. The molecule has 31 heavy (non-hydrogen) atoms. The molecular formula is C24H33N5O2. The van der Waals surface area contributed by atoms with Crippen molar-refractivity contribution in [1.82, 2.24) is 15.5 Å². The van der Waals surface area contributed by atoms with E-state index in [1.165, 1.54) is 0 Å². The summed E-state index contributed by atoms with van der Waals surface area (Å²) in [6, 6.07) is 16.0. The van der Waals surface area contributed by atoms with Crippen LogP contribution in [0.2, 0.25) is 0 Å². The van der Waals surface area contributed by atoms with Crippen LogP contribution >= 0.6 is 0 Å². The predicted octanol–water partition coefficient (Wildman–Crippen LogP) is 2.81. The average Bonchev–Trinajstić information content (AvgIpc) is 2.75. The second-order valence-electron chi connectivity index (χ2n) is 7.91. The topological polar surface area (TPSA) is 78.0 Å². The highest BCUT2D eigenvalue weighted by molar-refractivity contribution is 5.94. The molecule has 1 amide bonds. The molecule has 1 aliphatic heterocycles. The Morgan fingerprint density at radius 1 is 1.19 bits per heavy atom. The van der Waals surface area contributed by atoms with Gasteiger partial charge in [0.1, 0.15) is 12.4 Å². The standard InChI is InChI=1S/C24H33N5O2/c1-4-25-24(26-16-18-8-7-9-20(14-18)31-13-12-29(2)3)27-17-19-15-23(30)28-22-11-6-5-10-21(19)22/h5-11,14,19H,4,12-13,15-17H2,1-3H3,(H,28,30)(H2,25,26,27). The lowest BCUT2D eigenvalue weighted by atomic mass is 9.90. The highest BCUT2D eigenvalue weighted by Gasteiger charge is 2.24. The van der Waals surface area contributed by atoms with Gasteiger partial charge < -0.3 is 25.6 Å². The zero-order chi connectivity index (χ0) is 22.1. The molecule has 7 heteroatoms. The van der Waals surface area contributed by atoms with Gasteiger partial charge in [-0.05, 0) is 50.3 Å². The van der Waals surface area contributed by atoms with Crippen LogP contribution in [0.15, 0.2) is 53.5 Å². The fraction of sp³-hybridized carbons (Fsp3) is 0.417. The van der Waals surface area contributed by atoms with E-state index in [1.54, 1.807) is 0 Å². The van der Waals surface area contributed by atoms with E-state index in [1.807, 2.05) is 63.5 Å². The van der Waals surface area contributed by atoms with Crippen LogP contribution in [0.3, 0.4) is 0 Å². The monoisotopic (exact) mass is 423 g/mol. The lowest BCUT2D eigenvalue weighted by molar-refractivity contribution is -0.116. The maximum atomic E-state index is 12.1. The Kier molecular flexibility index (Phi) is 8.29. The molecule has 1 atom stereocenters. The van der Waals surface area contributed by atoms with E-state index in [0.29, 0.717) is 26.1 Å². The van der Waals surface area contributed by atoms with Crippen LogP contribution in [0.25, 0.3) is 0 Å². The highest BCUT2D eigenvalue weighted by Crippen LogP contribution is 2.31. The van der Waals surface area contributed by atoms with Gasteiger partial charge in [-0.15, -0.1) is 0 Å². The third kappa shape index (κ3) is 7.00. The second kappa shape index (κ2) is 11.4. The first-order chi connectivity index (χ1) is 15.0. The van der Waals surface area contributed by atoms with Crippen LogP contribution in [0.4, 0.5) is 5.69 Å². The number of fused-ring (bicyclic) bond motifs is 1. The Morgan fingerprint density at radius 3 is 2.84 bits per heavy atom. The van der Waals surface area contributed by atoms with Crippen molar-refractivity contribution in [2.45, 2.75) is 25.8 Å². The molecule has 2 aromatic carbocycles. The molecule has 3 N–H and O–H groups in total. The summed E-state index contributed by atoms with van der Waals surface area (Å²) < 4.78 is 5.82. The lowest BCUT2D eigenvalue weighted by Crippen LogP contribution is -2.40. The van der Waals surface area contributed by atoms with E-state index < -0.39 is 0 Å². The molecule has 1 aliphatic rings. The van der Waals surface area contributed by atoms with Crippen molar-refractivity contribution in [3.05, 3.63) is 59.7 Å². The smallest absolute Gasteiger partial charge is 0.225 e. The van der Waals surface area contributed by atoms with Crippen molar-refractivity contribution in [2.24, 2.45) is 4.99 Å². The molecule has 0 saturated heterocycles. The van der Waals surface area contributed by atoms with Crippen molar-refractivity contribution in [3.8, 4) is 5.75 Å². The van der Waals surface area contributed by atoms with Crippen molar-refractivity contribution >= 4 is 17.6 Å². The van der Waals surface area contributed by atoms with Crippen LogP contribution in [0, 0.1) is 0 Å². The van der Waals surface area contributed by atoms with E-state index >= 15 is 0 Å². The second-order valence-corrected chi connectivity index (χ2v) is 7.91. The zero-order valence-corrected chi connectivity index (χ0v) is 18.6. The van der Waals surface area contributed by atoms with E-state index in [9.17, 15) is 4.79 Å². The van der Waals surface area contributed by atoms with Gasteiger partial charge in [0, 0.05) is 37.7 Å². The van der Waals surface area contributed by atoms with Crippen LogP contribution in [-0.2, 0) is 11.3 Å². The van der Waals surface area contributed by atoms with E-state index in [2.05, 4.69) is 26.9 Å². The molecule has 7 nitrogen and oxygen atoms in total. The molecule has 3 rings (SSSR count). The Bertz CT molecular complexity index is 897. The highest BCUT2D eigenvalue weighted by atomic mass is 16.5. The third-order valence-corrected chi connectivity index (χ3v) is 5.09. The summed E-state index contributed by atoms with van der Waals surface area (Å²) in [6.45, 7) is 5.52. The minimum Gasteiger partial charge on any atom is -0.492 e. The maximum absolute atomic E-state index is 12.1. The summed E-state index contributed by atoms with van der Waals surface area (Å²) in [5, 5.41) is 9.64. The Morgan fingerprint density at radius 2 is 2.03 bits per heavy atom. The normalized spacial score (nSPS) is 15.9. The number of guanidine groups is 1.